The first-order chi connectivity index (χ1) is 14.7. The molecule has 2 amide bonds. The van der Waals surface area contributed by atoms with Crippen molar-refractivity contribution in [2.24, 2.45) is 0 Å². The van der Waals surface area contributed by atoms with E-state index in [1.807, 2.05) is 30.3 Å². The summed E-state index contributed by atoms with van der Waals surface area (Å²) in [6, 6.07) is 8.77. The molecule has 2 aromatic rings. The largest absolute Gasteiger partial charge is 0.445 e. The van der Waals surface area contributed by atoms with Crippen LogP contribution >= 0.6 is 0 Å². The highest BCUT2D eigenvalue weighted by molar-refractivity contribution is 5.70. The molecular weight excluding hydrogens is 400 g/mol. The maximum Gasteiger partial charge on any atom is 0.407 e. The van der Waals surface area contributed by atoms with E-state index < -0.39 is 17.8 Å². The number of carbonyl (C=O) groups is 2. The van der Waals surface area contributed by atoms with Crippen LogP contribution in [0, 0.1) is 6.92 Å². The maximum absolute atomic E-state index is 12.4. The van der Waals surface area contributed by atoms with Crippen molar-refractivity contribution in [1.82, 2.24) is 20.8 Å². The minimum Gasteiger partial charge on any atom is -0.445 e. The summed E-state index contributed by atoms with van der Waals surface area (Å²) in [6.45, 7) is 7.31. The molecule has 168 valence electrons. The Morgan fingerprint density at radius 2 is 1.77 bits per heavy atom. The first kappa shape index (κ1) is 22.6. The highest BCUT2D eigenvalue weighted by atomic mass is 16.6. The van der Waals surface area contributed by atoms with Gasteiger partial charge < -0.3 is 24.5 Å². The number of amides is 2. The number of aryl methyl sites for hydroxylation is 1. The number of carbonyl (C=O) groups excluding carboxylic acids is 2. The first-order valence-electron chi connectivity index (χ1n) is 10.5. The second-order valence-electron chi connectivity index (χ2n) is 8.73. The molecule has 1 aromatic carbocycles. The molecule has 0 saturated heterocycles. The highest BCUT2D eigenvalue weighted by Crippen LogP contribution is 2.32. The van der Waals surface area contributed by atoms with E-state index in [9.17, 15) is 9.59 Å². The van der Waals surface area contributed by atoms with Crippen LogP contribution < -0.4 is 10.6 Å². The molecule has 2 N–H and O–H groups in total. The molecule has 1 aliphatic carbocycles. The topological polar surface area (TPSA) is 116 Å². The third-order valence-electron chi connectivity index (χ3n) is 4.96. The highest BCUT2D eigenvalue weighted by Gasteiger charge is 2.36. The number of hydrogen-bond acceptors (Lipinski definition) is 7. The van der Waals surface area contributed by atoms with Crippen molar-refractivity contribution in [1.29, 1.82) is 0 Å². The van der Waals surface area contributed by atoms with Crippen molar-refractivity contribution in [3.63, 3.8) is 0 Å². The lowest BCUT2D eigenvalue weighted by molar-refractivity contribution is 0.0468. The Morgan fingerprint density at radius 3 is 2.42 bits per heavy atom. The fourth-order valence-electron chi connectivity index (χ4n) is 3.58. The minimum absolute atomic E-state index is 0.0143. The van der Waals surface area contributed by atoms with Crippen molar-refractivity contribution in [3.8, 4) is 0 Å². The third kappa shape index (κ3) is 6.97. The number of alkyl carbamates (subject to hydrolysis) is 2. The SMILES string of the molecule is Cc1nnc([C@H]2CC[C@H](NC(=O)OCc3ccccc3)[C@H](NC(=O)OC(C)(C)C)C2)o1. The molecule has 0 radical (unpaired) electrons. The quantitative estimate of drug-likeness (QED) is 0.740. The number of ether oxygens (including phenoxy) is 2. The Balaban J connectivity index is 1.63. The van der Waals surface area contributed by atoms with E-state index in [1.54, 1.807) is 27.7 Å². The maximum atomic E-state index is 12.4. The van der Waals surface area contributed by atoms with Gasteiger partial charge in [0.15, 0.2) is 0 Å². The molecule has 1 fully saturated rings. The molecular formula is C22H30N4O5. The van der Waals surface area contributed by atoms with Crippen LogP contribution in [0.25, 0.3) is 0 Å². The summed E-state index contributed by atoms with van der Waals surface area (Å²) >= 11 is 0. The summed E-state index contributed by atoms with van der Waals surface area (Å²) in [5.41, 5.74) is 0.274. The summed E-state index contributed by atoms with van der Waals surface area (Å²) in [5, 5.41) is 13.8. The number of aromatic nitrogens is 2. The molecule has 9 nitrogen and oxygen atoms in total. The molecule has 0 aliphatic heterocycles. The monoisotopic (exact) mass is 430 g/mol. The molecule has 0 unspecified atom stereocenters. The van der Waals surface area contributed by atoms with Crippen LogP contribution in [0.1, 0.15) is 63.3 Å². The van der Waals surface area contributed by atoms with Crippen LogP contribution in [0.15, 0.2) is 34.7 Å². The predicted octanol–water partition coefficient (Wildman–Crippen LogP) is 3.83. The lowest BCUT2D eigenvalue weighted by Crippen LogP contribution is -2.55. The molecule has 1 aliphatic rings. The zero-order chi connectivity index (χ0) is 22.4. The average molecular weight is 431 g/mol. The average Bonchev–Trinajstić information content (AvgIpc) is 3.13. The smallest absolute Gasteiger partial charge is 0.407 e. The molecule has 1 saturated carbocycles. The van der Waals surface area contributed by atoms with Crippen molar-refractivity contribution in [2.45, 2.75) is 77.2 Å². The minimum atomic E-state index is -0.626. The van der Waals surface area contributed by atoms with E-state index in [0.29, 0.717) is 24.6 Å². The summed E-state index contributed by atoms with van der Waals surface area (Å²) in [6.07, 6.45) is 0.816. The van der Waals surface area contributed by atoms with Crippen LogP contribution in [0.5, 0.6) is 0 Å². The molecule has 9 heteroatoms. The Morgan fingerprint density at radius 1 is 1.06 bits per heavy atom. The molecule has 3 rings (SSSR count). The molecule has 31 heavy (non-hydrogen) atoms. The zero-order valence-electron chi connectivity index (χ0n) is 18.4. The third-order valence-corrected chi connectivity index (χ3v) is 4.96. The Kier molecular flexibility index (Phi) is 7.14. The van der Waals surface area contributed by atoms with E-state index in [4.69, 9.17) is 13.9 Å². The van der Waals surface area contributed by atoms with Gasteiger partial charge in [-0.15, -0.1) is 10.2 Å². The standard InChI is InChI=1S/C22H30N4O5/c1-14-25-26-19(30-14)16-10-11-17(18(12-16)24-21(28)31-22(2,3)4)23-20(27)29-13-15-8-6-5-7-9-15/h5-9,16-18H,10-13H2,1-4H3,(H,23,27)(H,24,28)/t16-,17-,18+/m0/s1. The van der Waals surface area contributed by atoms with Crippen LogP contribution in [0.4, 0.5) is 9.59 Å². The van der Waals surface area contributed by atoms with Crippen LogP contribution in [-0.2, 0) is 16.1 Å². The van der Waals surface area contributed by atoms with Crippen molar-refractivity contribution in [3.05, 3.63) is 47.7 Å². The molecule has 0 bridgehead atoms. The second-order valence-corrected chi connectivity index (χ2v) is 8.73. The van der Waals surface area contributed by atoms with Gasteiger partial charge in [-0.1, -0.05) is 30.3 Å². The van der Waals surface area contributed by atoms with Gasteiger partial charge in [0.25, 0.3) is 0 Å². The van der Waals surface area contributed by atoms with E-state index in [1.165, 1.54) is 0 Å². The van der Waals surface area contributed by atoms with Gasteiger partial charge in [-0.25, -0.2) is 9.59 Å². The molecule has 1 heterocycles. The Hall–Kier alpha value is -3.10. The zero-order valence-corrected chi connectivity index (χ0v) is 18.4. The lowest BCUT2D eigenvalue weighted by Gasteiger charge is -2.35. The van der Waals surface area contributed by atoms with Crippen LogP contribution in [0.3, 0.4) is 0 Å². The fourth-order valence-corrected chi connectivity index (χ4v) is 3.58. The fraction of sp³-hybridized carbons (Fsp3) is 0.545. The molecule has 3 atom stereocenters. The van der Waals surface area contributed by atoms with E-state index in [-0.39, 0.29) is 24.6 Å². The van der Waals surface area contributed by atoms with E-state index in [0.717, 1.165) is 12.0 Å². The van der Waals surface area contributed by atoms with Crippen molar-refractivity contribution < 1.29 is 23.5 Å². The molecule has 0 spiro atoms. The first-order valence-corrected chi connectivity index (χ1v) is 10.5. The van der Waals surface area contributed by atoms with Gasteiger partial charge >= 0.3 is 12.2 Å². The van der Waals surface area contributed by atoms with E-state index in [2.05, 4.69) is 20.8 Å². The number of nitrogens with zero attached hydrogens (tertiary/aromatic N) is 2. The van der Waals surface area contributed by atoms with Gasteiger partial charge in [0.05, 0.1) is 12.1 Å². The second kappa shape index (κ2) is 9.80. The Labute approximate surface area is 181 Å². The van der Waals surface area contributed by atoms with Gasteiger partial charge in [0.1, 0.15) is 12.2 Å². The summed E-state index contributed by atoms with van der Waals surface area (Å²) in [7, 11) is 0. The Bertz CT molecular complexity index is 878. The summed E-state index contributed by atoms with van der Waals surface area (Å²) < 4.78 is 16.3. The van der Waals surface area contributed by atoms with Crippen molar-refractivity contribution >= 4 is 12.2 Å². The number of benzene rings is 1. The normalized spacial score (nSPS) is 21.2. The lowest BCUT2D eigenvalue weighted by atomic mass is 9.82. The summed E-state index contributed by atoms with van der Waals surface area (Å²) in [5.74, 6) is 1.02. The number of hydrogen-bond donors (Lipinski definition) is 2. The van der Waals surface area contributed by atoms with Crippen molar-refractivity contribution in [2.75, 3.05) is 0 Å². The van der Waals surface area contributed by atoms with Gasteiger partial charge in [-0.2, -0.15) is 0 Å². The van der Waals surface area contributed by atoms with Crippen LogP contribution in [0.2, 0.25) is 0 Å². The number of nitrogens with one attached hydrogen (secondary N) is 2. The van der Waals surface area contributed by atoms with Gasteiger partial charge in [0, 0.05) is 12.8 Å². The summed E-state index contributed by atoms with van der Waals surface area (Å²) in [4.78, 5) is 24.8. The predicted molar refractivity (Wildman–Crippen MR) is 112 cm³/mol. The molecule has 1 aromatic heterocycles. The van der Waals surface area contributed by atoms with E-state index >= 15 is 0 Å². The van der Waals surface area contributed by atoms with Crippen LogP contribution in [-0.4, -0.2) is 40.1 Å². The van der Waals surface area contributed by atoms with Gasteiger partial charge in [0.2, 0.25) is 11.8 Å². The van der Waals surface area contributed by atoms with Gasteiger partial charge in [-0.3, -0.25) is 0 Å². The van der Waals surface area contributed by atoms with Gasteiger partial charge in [-0.05, 0) is 45.6 Å². The number of rotatable bonds is 5.